The van der Waals surface area contributed by atoms with E-state index in [1.54, 1.807) is 14.7 Å². The number of fused-ring (bicyclic) bond motifs is 7. The molecule has 4 N–H and O–H groups in total. The molecule has 6 aliphatic rings. The molecule has 758 valence electrons. The predicted octanol–water partition coefficient (Wildman–Crippen LogP) is 23.1. The molecule has 0 unspecified atom stereocenters. The molecule has 7 aromatic heterocycles. The van der Waals surface area contributed by atoms with Crippen molar-refractivity contribution in [2.45, 2.75) is 287 Å². The standard InChI is InChI=1S/C19H27N3O3.C19H31N3O2.C19H25N3O2.C14H19N3.C10H17NO3.C9H9BrN2.C9H10N2.C7H6N2.CH4O.Br2/c1-5-22-16(14-8-6-7-9-15(14)20-22)19(24)10-12-21(13-11-19)17(23)25-18(2,3)4;2*1-5-22-17(15-8-6-7-9-16(15)20-22)14-10-12-21(13-11-14)18(23)24-19(2,3)4;1-2-17-14(11-7-9-15-10-8-11)12-5-3-4-6-13(12)16-17;1-10(2,3)14-9(13)11-6-4-8(12)5-7-11;1-2-12-9(10)7-5-3-4-6-8(7)11-12;1-2-11-7-8-5-3-4-6-9(8)10-11;1-2-4-7-6(3-1)5-8-9-7;2*1-2/h6-9,24H,5,10-13H2,1-4H3;14H,5-13H2,1-4H3;6-10H,5,11-13H2,1-4H3;3-6,11,15H,2,7-10H2,1H3;4-7H2,1-3H3;3-6H,2H2,1H3;3-7H,2H2,1H3;1-5H,(H,8,9);2H,1H3;. The van der Waals surface area contributed by atoms with E-state index in [-0.39, 0.29) is 30.2 Å². The minimum Gasteiger partial charge on any atom is -0.444 e. The van der Waals surface area contributed by atoms with Gasteiger partial charge in [0.15, 0.2) is 0 Å². The number of para-hydroxylation sites is 1. The Balaban J connectivity index is 0.000000167. The lowest BCUT2D eigenvalue weighted by Gasteiger charge is -2.39. The van der Waals surface area contributed by atoms with Crippen LogP contribution in [-0.4, -0.2) is 224 Å². The van der Waals surface area contributed by atoms with Crippen LogP contribution in [0.4, 0.5) is 19.2 Å². The molecule has 0 radical (unpaired) electrons. The number of ether oxygens (including phenoxy) is 4. The highest BCUT2D eigenvalue weighted by atomic mass is 80.9. The van der Waals surface area contributed by atoms with Gasteiger partial charge in [-0.2, -0.15) is 35.7 Å². The van der Waals surface area contributed by atoms with Crippen LogP contribution in [0.2, 0.25) is 0 Å². The summed E-state index contributed by atoms with van der Waals surface area (Å²) in [6.07, 6.45) is 17.0. The number of aliphatic hydroxyl groups excluding tert-OH is 1. The number of aromatic amines is 1. The van der Waals surface area contributed by atoms with Crippen LogP contribution >= 0.6 is 44.2 Å². The Labute approximate surface area is 848 Å². The zero-order chi connectivity index (χ0) is 102. The van der Waals surface area contributed by atoms with Crippen molar-refractivity contribution in [3.63, 3.8) is 0 Å². The zero-order valence-electron chi connectivity index (χ0n) is 85.6. The largest absolute Gasteiger partial charge is 0.444 e. The fourth-order valence-corrected chi connectivity index (χ4v) is 18.6. The summed E-state index contributed by atoms with van der Waals surface area (Å²) >= 11 is 9.01. The third-order valence-corrected chi connectivity index (χ3v) is 25.4. The molecule has 0 saturated carbocycles. The second-order valence-electron chi connectivity index (χ2n) is 39.2. The highest BCUT2D eigenvalue weighted by Gasteiger charge is 2.41. The van der Waals surface area contributed by atoms with Gasteiger partial charge in [0.05, 0.1) is 56.4 Å². The minimum atomic E-state index is -0.982. The Bertz CT molecular complexity index is 6100. The number of ketones is 1. The lowest BCUT2D eigenvalue weighted by atomic mass is 9.86. The van der Waals surface area contributed by atoms with Gasteiger partial charge in [-0.1, -0.05) is 115 Å². The van der Waals surface area contributed by atoms with E-state index in [0.717, 1.165) is 146 Å². The third-order valence-electron chi connectivity index (χ3n) is 24.5. The maximum absolute atomic E-state index is 12.3. The fourth-order valence-electron chi connectivity index (χ4n) is 17.9. The highest BCUT2D eigenvalue weighted by Crippen LogP contribution is 2.40. The summed E-state index contributed by atoms with van der Waals surface area (Å²) in [4.78, 5) is 66.0. The van der Waals surface area contributed by atoms with E-state index in [1.807, 2.05) is 218 Å². The number of Topliss-reactive ketones (excluding diaryl/α,β-unsaturated/α-hetero) is 1. The van der Waals surface area contributed by atoms with Gasteiger partial charge >= 0.3 is 24.4 Å². The minimum absolute atomic E-state index is 0.174. The van der Waals surface area contributed by atoms with E-state index in [4.69, 9.17) is 34.3 Å². The molecule has 0 spiro atoms. The number of amides is 4. The Morgan fingerprint density at radius 3 is 1.37 bits per heavy atom. The normalized spacial score (nSPS) is 15.6. The quantitative estimate of drug-likeness (QED) is 0.0924. The molecule has 0 bridgehead atoms. The summed E-state index contributed by atoms with van der Waals surface area (Å²) < 4.78 is 34.9. The lowest BCUT2D eigenvalue weighted by molar-refractivity contribution is -0.121. The molecule has 13 aromatic rings. The highest BCUT2D eigenvalue weighted by molar-refractivity contribution is 9.93. The average Bonchev–Trinajstić information content (AvgIpc) is 1.61. The van der Waals surface area contributed by atoms with Crippen LogP contribution in [0, 0.1) is 0 Å². The van der Waals surface area contributed by atoms with Crippen LogP contribution in [0.3, 0.4) is 0 Å². The topological polar surface area (TPSA) is 323 Å². The molecule has 4 saturated heterocycles. The number of aromatic nitrogens is 14. The summed E-state index contributed by atoms with van der Waals surface area (Å²) in [5.41, 5.74) is 12.5. The Morgan fingerprint density at radius 2 is 0.857 bits per heavy atom. The Kier molecular flexibility index (Phi) is 41.5. The van der Waals surface area contributed by atoms with E-state index in [2.05, 4.69) is 183 Å². The number of nitrogens with zero attached hydrogens (tertiary/aromatic N) is 17. The molecule has 33 heteroatoms. The molecule has 5 aliphatic heterocycles. The summed E-state index contributed by atoms with van der Waals surface area (Å²) in [5.74, 6) is 1.42. The number of likely N-dealkylation sites (tertiary alicyclic amines) is 3. The molecule has 30 nitrogen and oxygen atoms in total. The smallest absolute Gasteiger partial charge is 0.410 e. The molecule has 140 heavy (non-hydrogen) atoms. The van der Waals surface area contributed by atoms with Crippen molar-refractivity contribution in [2.75, 3.05) is 72.6 Å². The first kappa shape index (κ1) is 111. The molecular formula is C107H148Br3N19O11. The van der Waals surface area contributed by atoms with Gasteiger partial charge in [-0.25, -0.2) is 19.2 Å². The number of benzene rings is 6. The molecule has 4 fully saturated rings. The van der Waals surface area contributed by atoms with Crippen molar-refractivity contribution < 1.29 is 53.1 Å². The summed E-state index contributed by atoms with van der Waals surface area (Å²) in [7, 11) is 1.00. The number of aryl methyl sites for hydroxylation is 7. The first-order chi connectivity index (χ1) is 67.0. The number of piperidine rings is 4. The van der Waals surface area contributed by atoms with Crippen LogP contribution in [-0.2, 0) is 81.5 Å². The van der Waals surface area contributed by atoms with E-state index >= 15 is 0 Å². The second-order valence-corrected chi connectivity index (χ2v) is 40.0. The van der Waals surface area contributed by atoms with Gasteiger partial charge in [0.25, 0.3) is 0 Å². The van der Waals surface area contributed by atoms with E-state index < -0.39 is 28.0 Å². The molecular weight excluding hydrogens is 1970 g/mol. The zero-order valence-corrected chi connectivity index (χ0v) is 90.3. The van der Waals surface area contributed by atoms with Crippen LogP contribution in [0.25, 0.3) is 71.0 Å². The summed E-state index contributed by atoms with van der Waals surface area (Å²) in [6, 6.07) is 48.9. The van der Waals surface area contributed by atoms with Gasteiger partial charge < -0.3 is 54.1 Å². The van der Waals surface area contributed by atoms with E-state index in [0.29, 0.717) is 83.3 Å². The van der Waals surface area contributed by atoms with Crippen molar-refractivity contribution in [2.24, 2.45) is 0 Å². The number of carbonyl (C=O) groups is 5. The fraction of sp³-hybridized carbons (Fsp3) is 0.514. The Hall–Kier alpha value is -10.8. The van der Waals surface area contributed by atoms with E-state index in [1.165, 1.54) is 87.6 Å². The van der Waals surface area contributed by atoms with Crippen LogP contribution in [0.1, 0.15) is 241 Å². The second kappa shape index (κ2) is 52.2. The van der Waals surface area contributed by atoms with Crippen LogP contribution < -0.4 is 5.32 Å². The van der Waals surface area contributed by atoms with Gasteiger partial charge in [0.2, 0.25) is 0 Å². The summed E-state index contributed by atoms with van der Waals surface area (Å²) in [5, 5.41) is 63.2. The number of carbonyl (C=O) groups excluding carboxylic acids is 5. The number of nitrogens with one attached hydrogen (secondary N) is 2. The van der Waals surface area contributed by atoms with Gasteiger partial charge in [-0.3, -0.25) is 38.0 Å². The number of hydrogen-bond acceptors (Lipinski definition) is 19. The van der Waals surface area contributed by atoms with Crippen molar-refractivity contribution >= 4 is 145 Å². The molecule has 12 heterocycles. The van der Waals surface area contributed by atoms with Crippen LogP contribution in [0.5, 0.6) is 0 Å². The number of hydrogen-bond donors (Lipinski definition) is 4. The first-order valence-electron chi connectivity index (χ1n) is 49.5. The monoisotopic (exact) mass is 2110 g/mol. The van der Waals surface area contributed by atoms with Gasteiger partial charge in [-0.15, -0.1) is 0 Å². The SMILES string of the molecule is BrBr.CC(C)(C)OC(=O)N1CCC(=O)CC1.CCn1cc2ccccc2n1.CCn1nc2c(c1C1CCN(C(=O)OC(C)(C)C)CC1)CCCC2.CCn1nc2ccccc2c1Br.CCn1nc2ccccc2c1C1(O)CCN(C(=O)OC(C)(C)C)CC1.CCn1nc2ccccc2c1C1=CCN(C(=O)OC(C)(C)C)CC1.CCn1nc2ccccc2c1C1CCNCC1.CO.c1ccc2[nH]ncc2c1. The van der Waals surface area contributed by atoms with Crippen LogP contribution in [0.15, 0.2) is 169 Å². The Morgan fingerprint density at radius 1 is 0.436 bits per heavy atom. The molecule has 19 rings (SSSR count). The summed E-state index contributed by atoms with van der Waals surface area (Å²) in [6.45, 7) is 47.4. The molecule has 6 aromatic carbocycles. The van der Waals surface area contributed by atoms with Crippen molar-refractivity contribution in [1.29, 1.82) is 0 Å². The van der Waals surface area contributed by atoms with Crippen molar-refractivity contribution in [3.8, 4) is 0 Å². The first-order valence-corrected chi connectivity index (χ1v) is 54.0. The third kappa shape index (κ3) is 30.8. The average molecular weight is 2120 g/mol. The number of aliphatic hydroxyl groups is 2. The number of H-pyrrole nitrogens is 1. The predicted molar refractivity (Wildman–Crippen MR) is 569 cm³/mol. The maximum Gasteiger partial charge on any atom is 0.410 e. The van der Waals surface area contributed by atoms with Gasteiger partial charge in [0.1, 0.15) is 38.4 Å². The maximum atomic E-state index is 12.3. The molecule has 1 aliphatic carbocycles. The molecule has 0 atom stereocenters. The lowest BCUT2D eigenvalue weighted by Crippen LogP contribution is -2.47. The van der Waals surface area contributed by atoms with Gasteiger partial charge in [0, 0.05) is 202 Å². The molecule has 4 amide bonds. The number of halogens is 3. The van der Waals surface area contributed by atoms with Gasteiger partial charge in [-0.05, 0) is 272 Å². The van der Waals surface area contributed by atoms with E-state index in [9.17, 15) is 29.1 Å². The van der Waals surface area contributed by atoms with Crippen molar-refractivity contribution in [3.05, 3.63) is 203 Å². The number of rotatable bonds is 10. The van der Waals surface area contributed by atoms with Crippen molar-refractivity contribution in [1.82, 2.24) is 93.8 Å².